The van der Waals surface area contributed by atoms with Gasteiger partial charge in [-0.2, -0.15) is 0 Å². The van der Waals surface area contributed by atoms with E-state index in [1.165, 1.54) is 0 Å². The number of carbonyl (C=O) groups is 1. The minimum Gasteiger partial charge on any atom is -0.385 e. The summed E-state index contributed by atoms with van der Waals surface area (Å²) in [5.74, 6) is -0.0203. The van der Waals surface area contributed by atoms with E-state index < -0.39 is 0 Å². The summed E-state index contributed by atoms with van der Waals surface area (Å²) in [5, 5.41) is 3.17. The van der Waals surface area contributed by atoms with Crippen LogP contribution in [0.4, 0.5) is 5.69 Å². The Hall–Kier alpha value is -1.62. The number of rotatable bonds is 3. The molecule has 0 aromatic carbocycles. The van der Waals surface area contributed by atoms with Gasteiger partial charge in [-0.1, -0.05) is 0 Å². The van der Waals surface area contributed by atoms with Gasteiger partial charge in [0, 0.05) is 31.5 Å². The molecular formula is C12H17N3O2. The van der Waals surface area contributed by atoms with Crippen molar-refractivity contribution in [3.05, 3.63) is 24.0 Å². The first-order chi connectivity index (χ1) is 8.31. The predicted octanol–water partition coefficient (Wildman–Crippen LogP) is 0.986. The van der Waals surface area contributed by atoms with Crippen molar-refractivity contribution >= 4 is 11.6 Å². The lowest BCUT2D eigenvalue weighted by Crippen LogP contribution is -2.41. The van der Waals surface area contributed by atoms with Crippen molar-refractivity contribution in [2.75, 3.05) is 38.2 Å². The van der Waals surface area contributed by atoms with Gasteiger partial charge in [0.15, 0.2) is 0 Å². The van der Waals surface area contributed by atoms with E-state index in [9.17, 15) is 4.79 Å². The van der Waals surface area contributed by atoms with Crippen LogP contribution in [0, 0.1) is 0 Å². The fourth-order valence-corrected chi connectivity index (χ4v) is 1.79. The van der Waals surface area contributed by atoms with Gasteiger partial charge in [0.05, 0.1) is 13.2 Å². The van der Waals surface area contributed by atoms with Crippen LogP contribution in [0.5, 0.6) is 0 Å². The van der Waals surface area contributed by atoms with Crippen LogP contribution in [0.25, 0.3) is 0 Å². The zero-order chi connectivity index (χ0) is 12.1. The predicted molar refractivity (Wildman–Crippen MR) is 65.1 cm³/mol. The lowest BCUT2D eigenvalue weighted by molar-refractivity contribution is 0.0299. The van der Waals surface area contributed by atoms with E-state index in [2.05, 4.69) is 10.3 Å². The topological polar surface area (TPSA) is 54.5 Å². The zero-order valence-corrected chi connectivity index (χ0v) is 9.98. The van der Waals surface area contributed by atoms with Crippen LogP contribution in [0.1, 0.15) is 17.4 Å². The minimum absolute atomic E-state index is 0.0203. The fraction of sp³-hybridized carbons (Fsp3) is 0.500. The summed E-state index contributed by atoms with van der Waals surface area (Å²) in [6, 6.07) is 3.65. The Balaban J connectivity index is 2.09. The van der Waals surface area contributed by atoms with E-state index in [-0.39, 0.29) is 5.91 Å². The summed E-state index contributed by atoms with van der Waals surface area (Å²) in [5.41, 5.74) is 1.42. The number of amides is 1. The van der Waals surface area contributed by atoms with Crippen molar-refractivity contribution in [2.24, 2.45) is 0 Å². The smallest absolute Gasteiger partial charge is 0.272 e. The van der Waals surface area contributed by atoms with Crippen LogP contribution < -0.4 is 5.32 Å². The molecule has 0 unspecified atom stereocenters. The SMILES string of the molecule is CCNc1ccnc(C(=O)N2CCOCC2)c1. The summed E-state index contributed by atoms with van der Waals surface area (Å²) >= 11 is 0. The second kappa shape index (κ2) is 5.63. The average molecular weight is 235 g/mol. The first-order valence-electron chi connectivity index (χ1n) is 5.88. The van der Waals surface area contributed by atoms with E-state index in [1.54, 1.807) is 17.2 Å². The largest absolute Gasteiger partial charge is 0.385 e. The van der Waals surface area contributed by atoms with Crippen molar-refractivity contribution < 1.29 is 9.53 Å². The fourth-order valence-electron chi connectivity index (χ4n) is 1.79. The number of pyridine rings is 1. The molecular weight excluding hydrogens is 218 g/mol. The van der Waals surface area contributed by atoms with Gasteiger partial charge >= 0.3 is 0 Å². The molecule has 2 rings (SSSR count). The highest BCUT2D eigenvalue weighted by atomic mass is 16.5. The summed E-state index contributed by atoms with van der Waals surface area (Å²) in [7, 11) is 0. The molecule has 1 saturated heterocycles. The van der Waals surface area contributed by atoms with Gasteiger partial charge in [0.25, 0.3) is 5.91 Å². The first-order valence-corrected chi connectivity index (χ1v) is 5.88. The number of nitrogens with zero attached hydrogens (tertiary/aromatic N) is 2. The Kier molecular flexibility index (Phi) is 3.93. The molecule has 17 heavy (non-hydrogen) atoms. The first kappa shape index (κ1) is 11.9. The molecule has 1 aliphatic rings. The Morgan fingerprint density at radius 2 is 2.29 bits per heavy atom. The highest BCUT2D eigenvalue weighted by Gasteiger charge is 2.19. The maximum Gasteiger partial charge on any atom is 0.272 e. The van der Waals surface area contributed by atoms with Gasteiger partial charge in [-0.15, -0.1) is 0 Å². The lowest BCUT2D eigenvalue weighted by Gasteiger charge is -2.26. The van der Waals surface area contributed by atoms with Crippen LogP contribution in [-0.4, -0.2) is 48.6 Å². The van der Waals surface area contributed by atoms with Gasteiger partial charge in [-0.05, 0) is 19.1 Å². The summed E-state index contributed by atoms with van der Waals surface area (Å²) < 4.78 is 5.22. The van der Waals surface area contributed by atoms with Crippen LogP contribution in [-0.2, 0) is 4.74 Å². The van der Waals surface area contributed by atoms with Crippen LogP contribution in [0.2, 0.25) is 0 Å². The quantitative estimate of drug-likeness (QED) is 0.848. The molecule has 2 heterocycles. The molecule has 5 nitrogen and oxygen atoms in total. The third-order valence-electron chi connectivity index (χ3n) is 2.66. The molecule has 0 spiro atoms. The van der Waals surface area contributed by atoms with Gasteiger partial charge < -0.3 is 15.0 Å². The average Bonchev–Trinajstić information content (AvgIpc) is 2.40. The second-order valence-electron chi connectivity index (χ2n) is 3.86. The normalized spacial score (nSPS) is 15.7. The van der Waals surface area contributed by atoms with Crippen LogP contribution in [0.15, 0.2) is 18.3 Å². The lowest BCUT2D eigenvalue weighted by atomic mass is 10.2. The highest BCUT2D eigenvalue weighted by molar-refractivity contribution is 5.93. The third kappa shape index (κ3) is 2.94. The summed E-state index contributed by atoms with van der Waals surface area (Å²) in [6.45, 7) is 5.36. The number of nitrogens with one attached hydrogen (secondary N) is 1. The van der Waals surface area contributed by atoms with Gasteiger partial charge in [0.2, 0.25) is 0 Å². The molecule has 0 bridgehead atoms. The van der Waals surface area contributed by atoms with Crippen molar-refractivity contribution in [2.45, 2.75) is 6.92 Å². The molecule has 1 aromatic heterocycles. The summed E-state index contributed by atoms with van der Waals surface area (Å²) in [4.78, 5) is 18.0. The molecule has 92 valence electrons. The maximum absolute atomic E-state index is 12.1. The number of morpholine rings is 1. The standard InChI is InChI=1S/C12H17N3O2/c1-2-13-10-3-4-14-11(9-10)12(16)15-5-7-17-8-6-15/h3-4,9H,2,5-8H2,1H3,(H,13,14). The Labute approximate surface area is 101 Å². The molecule has 0 aliphatic carbocycles. The van der Waals surface area contributed by atoms with Gasteiger partial charge in [-0.25, -0.2) is 0 Å². The molecule has 1 fully saturated rings. The highest BCUT2D eigenvalue weighted by Crippen LogP contribution is 2.10. The molecule has 0 radical (unpaired) electrons. The third-order valence-corrected chi connectivity index (χ3v) is 2.66. The Bertz CT molecular complexity index is 389. The summed E-state index contributed by atoms with van der Waals surface area (Å²) in [6.07, 6.45) is 1.66. The zero-order valence-electron chi connectivity index (χ0n) is 9.98. The number of hydrogen-bond acceptors (Lipinski definition) is 4. The van der Waals surface area contributed by atoms with Crippen molar-refractivity contribution in [3.8, 4) is 0 Å². The maximum atomic E-state index is 12.1. The molecule has 5 heteroatoms. The molecule has 0 saturated carbocycles. The van der Waals surface area contributed by atoms with E-state index >= 15 is 0 Å². The molecule has 1 aromatic rings. The van der Waals surface area contributed by atoms with Gasteiger partial charge in [-0.3, -0.25) is 9.78 Å². The van der Waals surface area contributed by atoms with Crippen molar-refractivity contribution in [1.82, 2.24) is 9.88 Å². The number of aromatic nitrogens is 1. The number of hydrogen-bond donors (Lipinski definition) is 1. The number of anilines is 1. The van der Waals surface area contributed by atoms with Crippen molar-refractivity contribution in [1.29, 1.82) is 0 Å². The molecule has 1 amide bonds. The van der Waals surface area contributed by atoms with Gasteiger partial charge in [0.1, 0.15) is 5.69 Å². The molecule has 1 N–H and O–H groups in total. The molecule has 1 aliphatic heterocycles. The van der Waals surface area contributed by atoms with Crippen molar-refractivity contribution in [3.63, 3.8) is 0 Å². The van der Waals surface area contributed by atoms with E-state index in [0.29, 0.717) is 32.0 Å². The number of ether oxygens (including phenoxy) is 1. The monoisotopic (exact) mass is 235 g/mol. The number of carbonyl (C=O) groups excluding carboxylic acids is 1. The van der Waals surface area contributed by atoms with Crippen LogP contribution in [0.3, 0.4) is 0 Å². The second-order valence-corrected chi connectivity index (χ2v) is 3.86. The Morgan fingerprint density at radius 3 is 3.00 bits per heavy atom. The Morgan fingerprint density at radius 1 is 1.53 bits per heavy atom. The van der Waals surface area contributed by atoms with E-state index in [1.807, 2.05) is 13.0 Å². The minimum atomic E-state index is -0.0203. The van der Waals surface area contributed by atoms with E-state index in [0.717, 1.165) is 12.2 Å². The molecule has 0 atom stereocenters. The van der Waals surface area contributed by atoms with Crippen LogP contribution >= 0.6 is 0 Å². The van der Waals surface area contributed by atoms with E-state index in [4.69, 9.17) is 4.74 Å².